The molecule has 0 unspecified atom stereocenters. The number of para-hydroxylation sites is 1. The van der Waals surface area contributed by atoms with Gasteiger partial charge < -0.3 is 4.74 Å². The van der Waals surface area contributed by atoms with Gasteiger partial charge in [-0.15, -0.1) is 0 Å². The van der Waals surface area contributed by atoms with E-state index in [9.17, 15) is 4.79 Å². The minimum absolute atomic E-state index is 0.246. The second-order valence-electron chi connectivity index (χ2n) is 5.64. The predicted molar refractivity (Wildman–Crippen MR) is 99.1 cm³/mol. The first kappa shape index (κ1) is 16.7. The first-order valence-electron chi connectivity index (χ1n) is 7.90. The average Bonchev–Trinajstić information content (AvgIpc) is 2.59. The van der Waals surface area contributed by atoms with Crippen LogP contribution >= 0.6 is 15.9 Å². The summed E-state index contributed by atoms with van der Waals surface area (Å²) < 4.78 is 6.54. The predicted octanol–water partition coefficient (Wildman–Crippen LogP) is 5.23. The molecule has 0 aliphatic rings. The standard InChI is InChI=1S/C20H18BrNO2/c1-3-17-13(2)19(16-9-4-5-10-18(16)22-17)20(23)24-12-14-7-6-8-15(21)11-14/h4-11H,3,12H2,1-2H3. The molecular formula is C20H18BrNO2. The van der Waals surface area contributed by atoms with Gasteiger partial charge >= 0.3 is 5.97 Å². The van der Waals surface area contributed by atoms with Crippen LogP contribution in [0.3, 0.4) is 0 Å². The summed E-state index contributed by atoms with van der Waals surface area (Å²) in [5, 5.41) is 0.839. The highest BCUT2D eigenvalue weighted by Gasteiger charge is 2.18. The molecule has 0 aliphatic carbocycles. The summed E-state index contributed by atoms with van der Waals surface area (Å²) >= 11 is 3.43. The normalized spacial score (nSPS) is 10.8. The Labute approximate surface area is 149 Å². The third-order valence-electron chi connectivity index (χ3n) is 4.03. The van der Waals surface area contributed by atoms with Crippen LogP contribution in [-0.2, 0) is 17.8 Å². The highest BCUT2D eigenvalue weighted by molar-refractivity contribution is 9.10. The molecule has 1 aromatic heterocycles. The Morgan fingerprint density at radius 3 is 2.71 bits per heavy atom. The number of ether oxygens (including phenoxy) is 1. The fraction of sp³-hybridized carbons (Fsp3) is 0.200. The maximum Gasteiger partial charge on any atom is 0.339 e. The van der Waals surface area contributed by atoms with E-state index < -0.39 is 0 Å². The summed E-state index contributed by atoms with van der Waals surface area (Å²) in [6, 6.07) is 15.5. The zero-order valence-electron chi connectivity index (χ0n) is 13.7. The lowest BCUT2D eigenvalue weighted by Gasteiger charge is -2.13. The van der Waals surface area contributed by atoms with Crippen molar-refractivity contribution in [2.24, 2.45) is 0 Å². The second-order valence-corrected chi connectivity index (χ2v) is 6.55. The molecule has 0 fully saturated rings. The lowest BCUT2D eigenvalue weighted by Crippen LogP contribution is -2.11. The number of aromatic nitrogens is 1. The number of carbonyl (C=O) groups excluding carboxylic acids is 1. The maximum atomic E-state index is 12.7. The van der Waals surface area contributed by atoms with Crippen molar-refractivity contribution in [2.75, 3.05) is 0 Å². The molecule has 1 heterocycles. The smallest absolute Gasteiger partial charge is 0.339 e. The van der Waals surface area contributed by atoms with Crippen LogP contribution < -0.4 is 0 Å². The van der Waals surface area contributed by atoms with Crippen molar-refractivity contribution in [1.29, 1.82) is 0 Å². The van der Waals surface area contributed by atoms with Crippen LogP contribution in [0.2, 0.25) is 0 Å². The van der Waals surface area contributed by atoms with Crippen LogP contribution in [0, 0.1) is 6.92 Å². The van der Waals surface area contributed by atoms with E-state index in [1.165, 1.54) is 0 Å². The number of hydrogen-bond acceptors (Lipinski definition) is 3. The molecule has 0 saturated heterocycles. The number of benzene rings is 2. The molecule has 0 radical (unpaired) electrons. The van der Waals surface area contributed by atoms with E-state index >= 15 is 0 Å². The van der Waals surface area contributed by atoms with Crippen LogP contribution in [-0.4, -0.2) is 11.0 Å². The Morgan fingerprint density at radius 1 is 1.17 bits per heavy atom. The molecule has 3 rings (SSSR count). The van der Waals surface area contributed by atoms with Crippen LogP contribution in [0.1, 0.15) is 34.1 Å². The van der Waals surface area contributed by atoms with Crippen molar-refractivity contribution in [3.05, 3.63) is 75.4 Å². The summed E-state index contributed by atoms with van der Waals surface area (Å²) in [5.74, 6) is -0.305. The SMILES string of the molecule is CCc1nc2ccccc2c(C(=O)OCc2cccc(Br)c2)c1C. The first-order valence-corrected chi connectivity index (χ1v) is 8.69. The largest absolute Gasteiger partial charge is 0.457 e. The van der Waals surface area contributed by atoms with Crippen molar-refractivity contribution in [3.63, 3.8) is 0 Å². The quantitative estimate of drug-likeness (QED) is 0.579. The van der Waals surface area contributed by atoms with Crippen molar-refractivity contribution < 1.29 is 9.53 Å². The van der Waals surface area contributed by atoms with E-state index in [4.69, 9.17) is 4.74 Å². The Kier molecular flexibility index (Phi) is 4.95. The lowest BCUT2D eigenvalue weighted by atomic mass is 10.0. The summed E-state index contributed by atoms with van der Waals surface area (Å²) in [6.45, 7) is 4.23. The van der Waals surface area contributed by atoms with E-state index in [1.807, 2.05) is 62.4 Å². The van der Waals surface area contributed by atoms with Gasteiger partial charge in [-0.05, 0) is 42.7 Å². The third-order valence-corrected chi connectivity index (χ3v) is 4.53. The van der Waals surface area contributed by atoms with Gasteiger partial charge in [0.2, 0.25) is 0 Å². The summed E-state index contributed by atoms with van der Waals surface area (Å²) in [7, 11) is 0. The van der Waals surface area contributed by atoms with Gasteiger partial charge in [-0.2, -0.15) is 0 Å². The minimum atomic E-state index is -0.305. The van der Waals surface area contributed by atoms with Crippen molar-refractivity contribution >= 4 is 32.8 Å². The van der Waals surface area contributed by atoms with E-state index in [1.54, 1.807) is 0 Å². The number of fused-ring (bicyclic) bond motifs is 1. The number of nitrogens with zero attached hydrogens (tertiary/aromatic N) is 1. The van der Waals surface area contributed by atoms with E-state index in [2.05, 4.69) is 20.9 Å². The van der Waals surface area contributed by atoms with Crippen molar-refractivity contribution in [2.45, 2.75) is 26.9 Å². The van der Waals surface area contributed by atoms with Gasteiger partial charge in [0.05, 0.1) is 11.1 Å². The molecule has 2 aromatic carbocycles. The van der Waals surface area contributed by atoms with E-state index in [0.29, 0.717) is 5.56 Å². The maximum absolute atomic E-state index is 12.7. The molecule has 0 aliphatic heterocycles. The minimum Gasteiger partial charge on any atom is -0.457 e. The van der Waals surface area contributed by atoms with Gasteiger partial charge in [-0.1, -0.05) is 53.2 Å². The lowest BCUT2D eigenvalue weighted by molar-refractivity contribution is 0.0474. The number of hydrogen-bond donors (Lipinski definition) is 0. The fourth-order valence-corrected chi connectivity index (χ4v) is 3.26. The van der Waals surface area contributed by atoms with Crippen LogP contribution in [0.5, 0.6) is 0 Å². The molecule has 24 heavy (non-hydrogen) atoms. The van der Waals surface area contributed by atoms with Crippen LogP contribution in [0.25, 0.3) is 10.9 Å². The molecule has 0 spiro atoms. The second kappa shape index (κ2) is 7.14. The first-order chi connectivity index (χ1) is 11.6. The van der Waals surface area contributed by atoms with Gasteiger partial charge in [0.15, 0.2) is 0 Å². The number of pyridine rings is 1. The molecule has 3 aromatic rings. The van der Waals surface area contributed by atoms with Crippen LogP contribution in [0.15, 0.2) is 53.0 Å². The molecular weight excluding hydrogens is 366 g/mol. The van der Waals surface area contributed by atoms with Gasteiger partial charge in [-0.3, -0.25) is 4.98 Å². The molecule has 0 atom stereocenters. The molecule has 0 saturated carbocycles. The number of rotatable bonds is 4. The number of carbonyl (C=O) groups is 1. The summed E-state index contributed by atoms with van der Waals surface area (Å²) in [4.78, 5) is 17.4. The van der Waals surface area contributed by atoms with Gasteiger partial charge in [-0.25, -0.2) is 4.79 Å². The Balaban J connectivity index is 1.95. The Bertz CT molecular complexity index is 905. The number of aryl methyl sites for hydroxylation is 1. The topological polar surface area (TPSA) is 39.2 Å². The zero-order valence-corrected chi connectivity index (χ0v) is 15.3. The molecule has 3 nitrogen and oxygen atoms in total. The molecule has 0 amide bonds. The molecule has 122 valence electrons. The van der Waals surface area contributed by atoms with Gasteiger partial charge in [0, 0.05) is 15.6 Å². The highest BCUT2D eigenvalue weighted by Crippen LogP contribution is 2.25. The van der Waals surface area contributed by atoms with Crippen molar-refractivity contribution in [1.82, 2.24) is 4.98 Å². The summed E-state index contributed by atoms with van der Waals surface area (Å²) in [5.41, 5.74) is 4.23. The van der Waals surface area contributed by atoms with Gasteiger partial charge in [0.1, 0.15) is 6.61 Å². The highest BCUT2D eigenvalue weighted by atomic mass is 79.9. The fourth-order valence-electron chi connectivity index (χ4n) is 2.81. The van der Waals surface area contributed by atoms with Gasteiger partial charge in [0.25, 0.3) is 0 Å². The van der Waals surface area contributed by atoms with E-state index in [-0.39, 0.29) is 12.6 Å². The Morgan fingerprint density at radius 2 is 1.96 bits per heavy atom. The van der Waals surface area contributed by atoms with Crippen molar-refractivity contribution in [3.8, 4) is 0 Å². The van der Waals surface area contributed by atoms with Crippen LogP contribution in [0.4, 0.5) is 0 Å². The molecule has 0 bridgehead atoms. The number of halogens is 1. The Hall–Kier alpha value is -2.20. The number of esters is 1. The molecule has 4 heteroatoms. The monoisotopic (exact) mass is 383 g/mol. The average molecular weight is 384 g/mol. The molecule has 0 N–H and O–H groups in total. The zero-order chi connectivity index (χ0) is 17.1. The van der Waals surface area contributed by atoms with E-state index in [0.717, 1.165) is 38.6 Å². The third kappa shape index (κ3) is 3.34. The summed E-state index contributed by atoms with van der Waals surface area (Å²) in [6.07, 6.45) is 0.780.